The number of hydrogen-bond donors (Lipinski definition) is 1. The third kappa shape index (κ3) is 1.60. The summed E-state index contributed by atoms with van der Waals surface area (Å²) in [6.45, 7) is 1.99. The van der Waals surface area contributed by atoms with Gasteiger partial charge in [-0.05, 0) is 12.5 Å². The molecule has 0 saturated heterocycles. The van der Waals surface area contributed by atoms with Crippen LogP contribution in [0.3, 0.4) is 0 Å². The molecule has 74 valence electrons. The van der Waals surface area contributed by atoms with Crippen LogP contribution in [0.15, 0.2) is 30.3 Å². The average molecular weight is 214 g/mol. The second-order valence-electron chi connectivity index (χ2n) is 3.25. The average Bonchev–Trinajstić information content (AvgIpc) is 2.54. The molecule has 0 fully saturated rings. The molecule has 3 heteroatoms. The van der Waals surface area contributed by atoms with Crippen LogP contribution in [0, 0.1) is 18.3 Å². The van der Waals surface area contributed by atoms with Crippen LogP contribution in [0.5, 0.6) is 0 Å². The number of anilines is 1. The predicted molar refractivity (Wildman–Crippen MR) is 63.6 cm³/mol. The Bertz CT molecular complexity index is 521. The minimum absolute atomic E-state index is 0.601. The summed E-state index contributed by atoms with van der Waals surface area (Å²) in [4.78, 5) is 1.09. The Hall–Kier alpha value is -1.79. The molecular formula is C12H10N2S. The first-order chi connectivity index (χ1) is 7.24. The molecule has 0 aliphatic heterocycles. The molecule has 0 spiro atoms. The summed E-state index contributed by atoms with van der Waals surface area (Å²) in [6.07, 6.45) is 0. The van der Waals surface area contributed by atoms with Crippen molar-refractivity contribution in [3.8, 4) is 17.2 Å². The SMILES string of the molecule is Cc1sc(N)c(C#N)c1-c1ccccc1. The van der Waals surface area contributed by atoms with Gasteiger partial charge in [0.05, 0.1) is 5.56 Å². The van der Waals surface area contributed by atoms with Gasteiger partial charge in [0.2, 0.25) is 0 Å². The lowest BCUT2D eigenvalue weighted by atomic mass is 10.0. The lowest BCUT2D eigenvalue weighted by molar-refractivity contribution is 1.49. The maximum Gasteiger partial charge on any atom is 0.105 e. The van der Waals surface area contributed by atoms with Crippen molar-refractivity contribution < 1.29 is 0 Å². The minimum Gasteiger partial charge on any atom is -0.389 e. The van der Waals surface area contributed by atoms with E-state index in [1.807, 2.05) is 37.3 Å². The van der Waals surface area contributed by atoms with E-state index in [4.69, 9.17) is 11.0 Å². The number of nitrogen functional groups attached to an aromatic ring is 1. The maximum atomic E-state index is 9.05. The van der Waals surface area contributed by atoms with E-state index in [0.717, 1.165) is 16.0 Å². The van der Waals surface area contributed by atoms with Crippen molar-refractivity contribution >= 4 is 16.3 Å². The summed E-state index contributed by atoms with van der Waals surface area (Å²) in [6, 6.07) is 12.0. The molecule has 2 nitrogen and oxygen atoms in total. The van der Waals surface area contributed by atoms with Crippen LogP contribution in [0.1, 0.15) is 10.4 Å². The third-order valence-electron chi connectivity index (χ3n) is 2.29. The minimum atomic E-state index is 0.601. The molecule has 2 N–H and O–H groups in total. The second kappa shape index (κ2) is 3.76. The van der Waals surface area contributed by atoms with Gasteiger partial charge in [0.25, 0.3) is 0 Å². The Morgan fingerprint density at radius 2 is 1.93 bits per heavy atom. The van der Waals surface area contributed by atoms with Crippen LogP contribution in [-0.4, -0.2) is 0 Å². The molecule has 2 rings (SSSR count). The highest BCUT2D eigenvalue weighted by molar-refractivity contribution is 7.16. The van der Waals surface area contributed by atoms with Gasteiger partial charge >= 0.3 is 0 Å². The Kier molecular flexibility index (Phi) is 2.44. The van der Waals surface area contributed by atoms with Gasteiger partial charge in [-0.25, -0.2) is 0 Å². The fourth-order valence-corrected chi connectivity index (χ4v) is 2.53. The van der Waals surface area contributed by atoms with Gasteiger partial charge in [-0.3, -0.25) is 0 Å². The van der Waals surface area contributed by atoms with Crippen molar-refractivity contribution in [3.05, 3.63) is 40.8 Å². The molecule has 1 aromatic heterocycles. The molecule has 0 aliphatic rings. The molecule has 0 bridgehead atoms. The third-order valence-corrected chi connectivity index (χ3v) is 3.22. The van der Waals surface area contributed by atoms with E-state index >= 15 is 0 Å². The topological polar surface area (TPSA) is 49.8 Å². The number of thiophene rings is 1. The van der Waals surface area contributed by atoms with E-state index in [9.17, 15) is 0 Å². The standard InChI is InChI=1S/C12H10N2S/c1-8-11(9-5-3-2-4-6-9)10(7-13)12(14)15-8/h2-6H,14H2,1H3. The first kappa shape index (κ1) is 9.75. The summed E-state index contributed by atoms with van der Waals surface area (Å²) in [5.41, 5.74) is 8.41. The van der Waals surface area contributed by atoms with Crippen molar-refractivity contribution in [2.45, 2.75) is 6.92 Å². The Balaban J connectivity index is 2.69. The number of nitrogens with two attached hydrogens (primary N) is 1. The number of aryl methyl sites for hydroxylation is 1. The lowest BCUT2D eigenvalue weighted by Crippen LogP contribution is -1.85. The van der Waals surface area contributed by atoms with Crippen molar-refractivity contribution in [1.29, 1.82) is 5.26 Å². The van der Waals surface area contributed by atoms with Gasteiger partial charge < -0.3 is 5.73 Å². The zero-order valence-corrected chi connectivity index (χ0v) is 9.14. The van der Waals surface area contributed by atoms with E-state index in [1.54, 1.807) is 0 Å². The first-order valence-corrected chi connectivity index (χ1v) is 5.40. The van der Waals surface area contributed by atoms with Crippen LogP contribution in [0.4, 0.5) is 5.00 Å². The van der Waals surface area contributed by atoms with Gasteiger partial charge in [-0.1, -0.05) is 30.3 Å². The van der Waals surface area contributed by atoms with Gasteiger partial charge in [-0.2, -0.15) is 5.26 Å². The zero-order valence-electron chi connectivity index (χ0n) is 8.32. The molecular weight excluding hydrogens is 204 g/mol. The van der Waals surface area contributed by atoms with E-state index in [0.29, 0.717) is 10.6 Å². The molecule has 0 amide bonds. The fourth-order valence-electron chi connectivity index (χ4n) is 1.63. The van der Waals surface area contributed by atoms with Crippen molar-refractivity contribution in [2.75, 3.05) is 5.73 Å². The largest absolute Gasteiger partial charge is 0.389 e. The molecule has 1 heterocycles. The Morgan fingerprint density at radius 3 is 2.53 bits per heavy atom. The van der Waals surface area contributed by atoms with E-state index in [2.05, 4.69) is 6.07 Å². The van der Waals surface area contributed by atoms with Gasteiger partial charge in [-0.15, -0.1) is 11.3 Å². The second-order valence-corrected chi connectivity index (χ2v) is 4.51. The molecule has 0 unspecified atom stereocenters. The van der Waals surface area contributed by atoms with E-state index in [-0.39, 0.29) is 0 Å². The monoisotopic (exact) mass is 214 g/mol. The summed E-state index contributed by atoms with van der Waals surface area (Å²) in [5, 5.41) is 9.66. The normalized spacial score (nSPS) is 9.87. The lowest BCUT2D eigenvalue weighted by Gasteiger charge is -2.00. The summed E-state index contributed by atoms with van der Waals surface area (Å²) >= 11 is 1.47. The predicted octanol–water partition coefficient (Wildman–Crippen LogP) is 3.18. The number of hydrogen-bond acceptors (Lipinski definition) is 3. The highest BCUT2D eigenvalue weighted by Crippen LogP contribution is 2.37. The summed E-state index contributed by atoms with van der Waals surface area (Å²) in [5.74, 6) is 0. The molecule has 0 aliphatic carbocycles. The Labute approximate surface area is 92.6 Å². The maximum absolute atomic E-state index is 9.05. The summed E-state index contributed by atoms with van der Waals surface area (Å²) in [7, 11) is 0. The number of nitrogens with zero attached hydrogens (tertiary/aromatic N) is 1. The quantitative estimate of drug-likeness (QED) is 0.792. The Morgan fingerprint density at radius 1 is 1.27 bits per heavy atom. The molecule has 0 saturated carbocycles. The van der Waals surface area contributed by atoms with Crippen LogP contribution >= 0.6 is 11.3 Å². The van der Waals surface area contributed by atoms with Crippen LogP contribution in [0.25, 0.3) is 11.1 Å². The zero-order chi connectivity index (χ0) is 10.8. The first-order valence-electron chi connectivity index (χ1n) is 4.58. The fraction of sp³-hybridized carbons (Fsp3) is 0.0833. The smallest absolute Gasteiger partial charge is 0.105 e. The van der Waals surface area contributed by atoms with Crippen molar-refractivity contribution in [1.82, 2.24) is 0 Å². The summed E-state index contributed by atoms with van der Waals surface area (Å²) < 4.78 is 0. The van der Waals surface area contributed by atoms with Crippen molar-refractivity contribution in [2.24, 2.45) is 0 Å². The highest BCUT2D eigenvalue weighted by Gasteiger charge is 2.14. The number of rotatable bonds is 1. The van der Waals surface area contributed by atoms with E-state index < -0.39 is 0 Å². The molecule has 0 radical (unpaired) electrons. The number of nitriles is 1. The van der Waals surface area contributed by atoms with Crippen molar-refractivity contribution in [3.63, 3.8) is 0 Å². The van der Waals surface area contributed by atoms with Crippen LogP contribution < -0.4 is 5.73 Å². The molecule has 1 aromatic carbocycles. The van der Waals surface area contributed by atoms with Gasteiger partial charge in [0, 0.05) is 10.4 Å². The molecule has 0 atom stereocenters. The van der Waals surface area contributed by atoms with Gasteiger partial charge in [0.1, 0.15) is 11.1 Å². The highest BCUT2D eigenvalue weighted by atomic mass is 32.1. The van der Waals surface area contributed by atoms with Crippen LogP contribution in [0.2, 0.25) is 0 Å². The molecule has 2 aromatic rings. The van der Waals surface area contributed by atoms with Crippen LogP contribution in [-0.2, 0) is 0 Å². The van der Waals surface area contributed by atoms with Gasteiger partial charge in [0.15, 0.2) is 0 Å². The van der Waals surface area contributed by atoms with E-state index in [1.165, 1.54) is 11.3 Å². The number of benzene rings is 1. The molecule has 15 heavy (non-hydrogen) atoms.